The molecule has 29 heavy (non-hydrogen) atoms. The molecule has 0 bridgehead atoms. The summed E-state index contributed by atoms with van der Waals surface area (Å²) in [5.41, 5.74) is 1.70. The second kappa shape index (κ2) is 8.85. The number of rotatable bonds is 4. The van der Waals surface area contributed by atoms with Gasteiger partial charge in [-0.2, -0.15) is 4.31 Å². The molecule has 3 rings (SSSR count). The van der Waals surface area contributed by atoms with E-state index in [1.807, 2.05) is 24.3 Å². The lowest BCUT2D eigenvalue weighted by atomic mass is 10.2. The Labute approximate surface area is 174 Å². The smallest absolute Gasteiger partial charge is 0.257 e. The van der Waals surface area contributed by atoms with Gasteiger partial charge in [-0.25, -0.2) is 12.8 Å². The summed E-state index contributed by atoms with van der Waals surface area (Å²) in [6, 6.07) is 12.8. The number of sulfonamides is 1. The Morgan fingerprint density at radius 2 is 1.76 bits per heavy atom. The van der Waals surface area contributed by atoms with E-state index in [1.165, 1.54) is 28.8 Å². The van der Waals surface area contributed by atoms with Crippen molar-refractivity contribution >= 4 is 44.6 Å². The molecule has 0 aliphatic carbocycles. The molecule has 0 spiro atoms. The molecule has 1 saturated heterocycles. The van der Waals surface area contributed by atoms with Gasteiger partial charge in [0, 0.05) is 31.7 Å². The zero-order valence-corrected chi connectivity index (χ0v) is 17.4. The van der Waals surface area contributed by atoms with Gasteiger partial charge >= 0.3 is 0 Å². The lowest BCUT2D eigenvalue weighted by molar-refractivity contribution is 0.0977. The number of nitrogens with zero attached hydrogens (tertiary/aromatic N) is 2. The number of benzene rings is 2. The van der Waals surface area contributed by atoms with E-state index in [0.717, 1.165) is 11.8 Å². The number of carbonyl (C=O) groups is 1. The Hall–Kier alpha value is -2.56. The largest absolute Gasteiger partial charge is 0.367 e. The third-order valence-corrected chi connectivity index (χ3v) is 6.02. The van der Waals surface area contributed by atoms with Crippen LogP contribution >= 0.6 is 12.2 Å². The van der Waals surface area contributed by atoms with E-state index < -0.39 is 21.7 Å². The SMILES string of the molecule is CS(=O)(=O)N1CCN(c2ccccc2NC(=S)NC(=O)c2cccc(F)c2)CC1. The molecule has 1 amide bonds. The summed E-state index contributed by atoms with van der Waals surface area (Å²) in [5.74, 6) is -1.02. The average molecular weight is 437 g/mol. The van der Waals surface area contributed by atoms with Crippen molar-refractivity contribution < 1.29 is 17.6 Å². The molecule has 2 aromatic rings. The molecule has 154 valence electrons. The standard InChI is InChI=1S/C19H21FN4O3S2/c1-29(26,27)24-11-9-23(10-12-24)17-8-3-2-7-16(17)21-19(28)22-18(25)14-5-4-6-15(20)13-14/h2-8,13H,9-12H2,1H3,(H2,21,22,25,28). The zero-order chi connectivity index (χ0) is 21.0. The van der Waals surface area contributed by atoms with E-state index in [-0.39, 0.29) is 10.7 Å². The highest BCUT2D eigenvalue weighted by Crippen LogP contribution is 2.27. The molecule has 0 atom stereocenters. The van der Waals surface area contributed by atoms with Crippen LogP contribution in [0.2, 0.25) is 0 Å². The first-order valence-corrected chi connectivity index (χ1v) is 11.2. The van der Waals surface area contributed by atoms with Gasteiger partial charge in [0.05, 0.1) is 17.6 Å². The van der Waals surface area contributed by atoms with Crippen molar-refractivity contribution in [2.45, 2.75) is 0 Å². The zero-order valence-electron chi connectivity index (χ0n) is 15.8. The molecule has 7 nitrogen and oxygen atoms in total. The minimum Gasteiger partial charge on any atom is -0.367 e. The number of carbonyl (C=O) groups excluding carboxylic acids is 1. The van der Waals surface area contributed by atoms with Crippen LogP contribution in [0.5, 0.6) is 0 Å². The van der Waals surface area contributed by atoms with Gasteiger partial charge in [0.25, 0.3) is 5.91 Å². The average Bonchev–Trinajstić information content (AvgIpc) is 2.68. The van der Waals surface area contributed by atoms with E-state index in [1.54, 1.807) is 0 Å². The highest BCUT2D eigenvalue weighted by molar-refractivity contribution is 7.88. The predicted octanol–water partition coefficient (Wildman–Crippen LogP) is 2.03. The Balaban J connectivity index is 1.66. The number of anilines is 2. The molecule has 1 fully saturated rings. The maximum atomic E-state index is 13.3. The Kier molecular flexibility index (Phi) is 6.46. The lowest BCUT2D eigenvalue weighted by Crippen LogP contribution is -2.48. The molecule has 10 heteroatoms. The van der Waals surface area contributed by atoms with Gasteiger partial charge in [-0.05, 0) is 42.5 Å². The Morgan fingerprint density at radius 1 is 1.07 bits per heavy atom. The number of amides is 1. The van der Waals surface area contributed by atoms with Crippen molar-refractivity contribution in [2.24, 2.45) is 0 Å². The molecular formula is C19H21FN4O3S2. The van der Waals surface area contributed by atoms with Gasteiger partial charge in [0.2, 0.25) is 10.0 Å². The summed E-state index contributed by atoms with van der Waals surface area (Å²) < 4.78 is 38.1. The fourth-order valence-corrected chi connectivity index (χ4v) is 4.10. The Bertz CT molecular complexity index is 1020. The van der Waals surface area contributed by atoms with E-state index in [0.29, 0.717) is 31.9 Å². The van der Waals surface area contributed by atoms with Gasteiger partial charge in [0.15, 0.2) is 5.11 Å². The fraction of sp³-hybridized carbons (Fsp3) is 0.263. The van der Waals surface area contributed by atoms with Crippen LogP contribution in [0.4, 0.5) is 15.8 Å². The predicted molar refractivity (Wildman–Crippen MR) is 115 cm³/mol. The third kappa shape index (κ3) is 5.49. The minimum absolute atomic E-state index is 0.0847. The first-order chi connectivity index (χ1) is 13.7. The number of halogens is 1. The quantitative estimate of drug-likeness (QED) is 0.714. The number of para-hydroxylation sites is 2. The second-order valence-electron chi connectivity index (χ2n) is 6.58. The molecule has 2 aromatic carbocycles. The Morgan fingerprint density at radius 3 is 2.41 bits per heavy atom. The van der Waals surface area contributed by atoms with E-state index >= 15 is 0 Å². The van der Waals surface area contributed by atoms with Crippen LogP contribution in [-0.4, -0.2) is 56.2 Å². The summed E-state index contributed by atoms with van der Waals surface area (Å²) in [6.45, 7) is 1.87. The van der Waals surface area contributed by atoms with Crippen LogP contribution in [-0.2, 0) is 10.0 Å². The number of thiocarbonyl (C=S) groups is 1. The summed E-state index contributed by atoms with van der Waals surface area (Å²) in [6.07, 6.45) is 1.21. The van der Waals surface area contributed by atoms with E-state index in [4.69, 9.17) is 12.2 Å². The number of hydrogen-bond acceptors (Lipinski definition) is 5. The number of hydrogen-bond donors (Lipinski definition) is 2. The molecular weight excluding hydrogens is 415 g/mol. The van der Waals surface area contributed by atoms with Crippen LogP contribution in [0.25, 0.3) is 0 Å². The first kappa shape index (κ1) is 21.2. The van der Waals surface area contributed by atoms with Crippen molar-refractivity contribution in [2.75, 3.05) is 42.7 Å². The van der Waals surface area contributed by atoms with E-state index in [9.17, 15) is 17.6 Å². The normalized spacial score (nSPS) is 15.0. The molecule has 1 aliphatic rings. The number of nitrogens with one attached hydrogen (secondary N) is 2. The molecule has 0 saturated carbocycles. The van der Waals surface area contributed by atoms with Crippen molar-refractivity contribution in [3.63, 3.8) is 0 Å². The van der Waals surface area contributed by atoms with Gasteiger partial charge in [0.1, 0.15) is 5.82 Å². The van der Waals surface area contributed by atoms with Crippen molar-refractivity contribution in [1.29, 1.82) is 0 Å². The van der Waals surface area contributed by atoms with Gasteiger partial charge in [-0.15, -0.1) is 0 Å². The van der Waals surface area contributed by atoms with Gasteiger partial charge < -0.3 is 10.2 Å². The molecule has 0 unspecified atom stereocenters. The highest BCUT2D eigenvalue weighted by Gasteiger charge is 2.24. The maximum Gasteiger partial charge on any atom is 0.257 e. The van der Waals surface area contributed by atoms with Crippen LogP contribution in [0.1, 0.15) is 10.4 Å². The fourth-order valence-electron chi connectivity index (χ4n) is 3.07. The molecule has 0 aromatic heterocycles. The lowest BCUT2D eigenvalue weighted by Gasteiger charge is -2.35. The van der Waals surface area contributed by atoms with Gasteiger partial charge in [-0.1, -0.05) is 18.2 Å². The molecule has 1 aliphatic heterocycles. The van der Waals surface area contributed by atoms with Crippen molar-refractivity contribution in [1.82, 2.24) is 9.62 Å². The van der Waals surface area contributed by atoms with E-state index in [2.05, 4.69) is 15.5 Å². The molecule has 0 radical (unpaired) electrons. The van der Waals surface area contributed by atoms with Crippen molar-refractivity contribution in [3.05, 3.63) is 59.9 Å². The maximum absolute atomic E-state index is 13.3. The summed E-state index contributed by atoms with van der Waals surface area (Å²) >= 11 is 5.23. The molecule has 2 N–H and O–H groups in total. The highest BCUT2D eigenvalue weighted by atomic mass is 32.2. The number of piperazine rings is 1. The second-order valence-corrected chi connectivity index (χ2v) is 8.98. The van der Waals surface area contributed by atoms with Crippen LogP contribution in [0.15, 0.2) is 48.5 Å². The summed E-state index contributed by atoms with van der Waals surface area (Å²) in [7, 11) is -3.21. The van der Waals surface area contributed by atoms with Crippen LogP contribution < -0.4 is 15.5 Å². The van der Waals surface area contributed by atoms with Crippen molar-refractivity contribution in [3.8, 4) is 0 Å². The first-order valence-electron chi connectivity index (χ1n) is 8.91. The third-order valence-electron chi connectivity index (χ3n) is 4.51. The molecule has 1 heterocycles. The minimum atomic E-state index is -3.21. The topological polar surface area (TPSA) is 81.8 Å². The summed E-state index contributed by atoms with van der Waals surface area (Å²) in [4.78, 5) is 14.3. The van der Waals surface area contributed by atoms with Crippen LogP contribution in [0, 0.1) is 5.82 Å². The monoisotopic (exact) mass is 436 g/mol. The summed E-state index contributed by atoms with van der Waals surface area (Å²) in [5, 5.41) is 5.62. The van der Waals surface area contributed by atoms with Gasteiger partial charge in [-0.3, -0.25) is 10.1 Å². The van der Waals surface area contributed by atoms with Crippen LogP contribution in [0.3, 0.4) is 0 Å².